The molecule has 106 valence electrons. The quantitative estimate of drug-likeness (QED) is 0.788. The summed E-state index contributed by atoms with van der Waals surface area (Å²) >= 11 is 2.31. The number of ether oxygens (including phenoxy) is 1. The average molecular weight is 385 g/mol. The molecule has 2 aromatic rings. The second-order valence-corrected chi connectivity index (χ2v) is 5.66. The van der Waals surface area contributed by atoms with Crippen molar-refractivity contribution in [3.8, 4) is 5.75 Å². The van der Waals surface area contributed by atoms with E-state index in [9.17, 15) is 4.39 Å². The van der Waals surface area contributed by atoms with Gasteiger partial charge >= 0.3 is 0 Å². The molecule has 0 aliphatic rings. The molecule has 20 heavy (non-hydrogen) atoms. The lowest BCUT2D eigenvalue weighted by Crippen LogP contribution is -2.20. The molecule has 1 atom stereocenters. The minimum atomic E-state index is -0.277. The van der Waals surface area contributed by atoms with Crippen molar-refractivity contribution in [2.75, 3.05) is 14.2 Å². The molecule has 0 spiro atoms. The number of benzene rings is 2. The second-order valence-electron chi connectivity index (χ2n) is 4.50. The van der Waals surface area contributed by atoms with Gasteiger partial charge in [-0.3, -0.25) is 0 Å². The van der Waals surface area contributed by atoms with Crippen LogP contribution in [0.3, 0.4) is 0 Å². The van der Waals surface area contributed by atoms with Gasteiger partial charge in [-0.2, -0.15) is 0 Å². The topological polar surface area (TPSA) is 21.3 Å². The van der Waals surface area contributed by atoms with Crippen molar-refractivity contribution in [3.63, 3.8) is 0 Å². The van der Waals surface area contributed by atoms with E-state index in [-0.39, 0.29) is 11.9 Å². The smallest absolute Gasteiger partial charge is 0.168 e. The van der Waals surface area contributed by atoms with E-state index in [1.54, 1.807) is 12.1 Å². The third kappa shape index (κ3) is 3.30. The first-order chi connectivity index (χ1) is 9.67. The summed E-state index contributed by atoms with van der Waals surface area (Å²) in [6, 6.07) is 13.5. The molecule has 2 nitrogen and oxygen atoms in total. The van der Waals surface area contributed by atoms with Gasteiger partial charge in [0.15, 0.2) is 11.6 Å². The van der Waals surface area contributed by atoms with Crippen LogP contribution in [0.1, 0.15) is 17.2 Å². The second kappa shape index (κ2) is 7.04. The first kappa shape index (κ1) is 15.3. The Morgan fingerprint density at radius 1 is 1.20 bits per heavy atom. The normalized spacial score (nSPS) is 12.2. The van der Waals surface area contributed by atoms with Gasteiger partial charge in [0.2, 0.25) is 0 Å². The molecule has 0 amide bonds. The van der Waals surface area contributed by atoms with E-state index in [1.165, 1.54) is 16.2 Å². The number of rotatable bonds is 5. The van der Waals surface area contributed by atoms with Gasteiger partial charge in [0.1, 0.15) is 0 Å². The summed E-state index contributed by atoms with van der Waals surface area (Å²) in [6.45, 7) is 0. The van der Waals surface area contributed by atoms with Crippen LogP contribution in [-0.2, 0) is 6.42 Å². The first-order valence-corrected chi connectivity index (χ1v) is 7.48. The number of likely N-dealkylation sites (N-methyl/N-ethyl adjacent to an activating group) is 1. The Kier molecular flexibility index (Phi) is 5.37. The Bertz CT molecular complexity index is 588. The van der Waals surface area contributed by atoms with Crippen LogP contribution in [0.5, 0.6) is 5.75 Å². The van der Waals surface area contributed by atoms with Crippen LogP contribution in [-0.4, -0.2) is 14.2 Å². The lowest BCUT2D eigenvalue weighted by atomic mass is 9.98. The van der Waals surface area contributed by atoms with Crippen LogP contribution < -0.4 is 10.1 Å². The molecule has 2 aromatic carbocycles. The van der Waals surface area contributed by atoms with E-state index in [1.807, 2.05) is 25.2 Å². The molecule has 0 radical (unpaired) electrons. The highest BCUT2D eigenvalue weighted by Gasteiger charge is 2.16. The van der Waals surface area contributed by atoms with E-state index >= 15 is 0 Å². The van der Waals surface area contributed by atoms with Gasteiger partial charge in [-0.25, -0.2) is 4.39 Å². The van der Waals surface area contributed by atoms with Crippen LogP contribution >= 0.6 is 22.6 Å². The molecule has 0 fully saturated rings. The standard InChI is InChI=1S/C16H17FINO/c1-19-14(12-7-3-4-8-13(12)18)10-11-6-5-9-15(20-2)16(11)17/h3-9,14,19H,10H2,1-2H3. The van der Waals surface area contributed by atoms with Crippen molar-refractivity contribution in [1.82, 2.24) is 5.32 Å². The van der Waals surface area contributed by atoms with Gasteiger partial charge in [-0.1, -0.05) is 30.3 Å². The summed E-state index contributed by atoms with van der Waals surface area (Å²) < 4.78 is 20.4. The lowest BCUT2D eigenvalue weighted by molar-refractivity contribution is 0.383. The van der Waals surface area contributed by atoms with Gasteiger partial charge < -0.3 is 10.1 Å². The van der Waals surface area contributed by atoms with Crippen molar-refractivity contribution in [1.29, 1.82) is 0 Å². The Balaban J connectivity index is 2.30. The molecule has 0 saturated carbocycles. The third-order valence-corrected chi connectivity index (χ3v) is 4.30. The molecular formula is C16H17FINO. The Morgan fingerprint density at radius 2 is 1.95 bits per heavy atom. The number of nitrogens with one attached hydrogen (secondary N) is 1. The predicted octanol–water partition coefficient (Wildman–Crippen LogP) is 3.94. The minimum absolute atomic E-state index is 0.0738. The molecule has 0 saturated heterocycles. The summed E-state index contributed by atoms with van der Waals surface area (Å²) in [5, 5.41) is 3.26. The maximum Gasteiger partial charge on any atom is 0.168 e. The Labute approximate surface area is 132 Å². The molecular weight excluding hydrogens is 368 g/mol. The van der Waals surface area contributed by atoms with Gasteiger partial charge in [0.25, 0.3) is 0 Å². The van der Waals surface area contributed by atoms with E-state index < -0.39 is 0 Å². The zero-order valence-corrected chi connectivity index (χ0v) is 13.6. The SMILES string of the molecule is CNC(Cc1cccc(OC)c1F)c1ccccc1I. The van der Waals surface area contributed by atoms with Crippen LogP contribution in [0.4, 0.5) is 4.39 Å². The molecule has 0 aliphatic carbocycles. The molecule has 1 unspecified atom stereocenters. The lowest BCUT2D eigenvalue weighted by Gasteiger charge is -2.19. The van der Waals surface area contributed by atoms with Crippen molar-refractivity contribution < 1.29 is 9.13 Å². The van der Waals surface area contributed by atoms with Gasteiger partial charge in [-0.15, -0.1) is 0 Å². The maximum absolute atomic E-state index is 14.2. The third-order valence-electron chi connectivity index (χ3n) is 3.32. The van der Waals surface area contributed by atoms with Crippen LogP contribution in [0.2, 0.25) is 0 Å². The number of hydrogen-bond acceptors (Lipinski definition) is 2. The molecule has 0 aromatic heterocycles. The maximum atomic E-state index is 14.2. The first-order valence-electron chi connectivity index (χ1n) is 6.40. The fraction of sp³-hybridized carbons (Fsp3) is 0.250. The highest BCUT2D eigenvalue weighted by Crippen LogP contribution is 2.27. The molecule has 4 heteroatoms. The zero-order chi connectivity index (χ0) is 14.5. The molecule has 0 heterocycles. The average Bonchev–Trinajstić information content (AvgIpc) is 2.47. The Hall–Kier alpha value is -1.14. The van der Waals surface area contributed by atoms with Crippen LogP contribution in [0.25, 0.3) is 0 Å². The van der Waals surface area contributed by atoms with E-state index in [2.05, 4.69) is 40.0 Å². The summed E-state index contributed by atoms with van der Waals surface area (Å²) in [5.74, 6) is 0.0151. The largest absolute Gasteiger partial charge is 0.494 e. The van der Waals surface area contributed by atoms with Crippen molar-refractivity contribution in [3.05, 3.63) is 63.0 Å². The van der Waals surface area contributed by atoms with Gasteiger partial charge in [-0.05, 0) is 59.3 Å². The van der Waals surface area contributed by atoms with Crippen LogP contribution in [0.15, 0.2) is 42.5 Å². The summed E-state index contributed by atoms with van der Waals surface area (Å²) in [4.78, 5) is 0. The number of hydrogen-bond donors (Lipinski definition) is 1. The van der Waals surface area contributed by atoms with Crippen molar-refractivity contribution in [2.24, 2.45) is 0 Å². The summed E-state index contributed by atoms with van der Waals surface area (Å²) in [5.41, 5.74) is 1.83. The molecule has 0 bridgehead atoms. The summed E-state index contributed by atoms with van der Waals surface area (Å²) in [6.07, 6.45) is 0.583. The molecule has 2 rings (SSSR count). The monoisotopic (exact) mass is 385 g/mol. The van der Waals surface area contributed by atoms with Gasteiger partial charge in [0, 0.05) is 9.61 Å². The van der Waals surface area contributed by atoms with E-state index in [0.29, 0.717) is 17.7 Å². The van der Waals surface area contributed by atoms with E-state index in [0.717, 1.165) is 0 Å². The zero-order valence-electron chi connectivity index (χ0n) is 11.5. The predicted molar refractivity (Wildman–Crippen MR) is 87.6 cm³/mol. The summed E-state index contributed by atoms with van der Waals surface area (Å²) in [7, 11) is 3.38. The highest BCUT2D eigenvalue weighted by molar-refractivity contribution is 14.1. The minimum Gasteiger partial charge on any atom is -0.494 e. The van der Waals surface area contributed by atoms with Gasteiger partial charge in [0.05, 0.1) is 7.11 Å². The molecule has 0 aliphatic heterocycles. The fourth-order valence-electron chi connectivity index (χ4n) is 2.22. The fourth-order valence-corrected chi connectivity index (χ4v) is 2.98. The van der Waals surface area contributed by atoms with Crippen molar-refractivity contribution >= 4 is 22.6 Å². The molecule has 1 N–H and O–H groups in total. The van der Waals surface area contributed by atoms with Crippen LogP contribution in [0, 0.1) is 9.39 Å². The number of halogens is 2. The number of methoxy groups -OCH3 is 1. The van der Waals surface area contributed by atoms with Crippen molar-refractivity contribution in [2.45, 2.75) is 12.5 Å². The highest BCUT2D eigenvalue weighted by atomic mass is 127. The Morgan fingerprint density at radius 3 is 2.60 bits per heavy atom. The van der Waals surface area contributed by atoms with E-state index in [4.69, 9.17) is 4.74 Å².